The first-order chi connectivity index (χ1) is 10.7. The molecule has 1 unspecified atom stereocenters. The van der Waals surface area contributed by atoms with Gasteiger partial charge in [-0.2, -0.15) is 5.10 Å². The van der Waals surface area contributed by atoms with E-state index in [-0.39, 0.29) is 4.57 Å². The molecule has 1 aliphatic heterocycles. The highest BCUT2D eigenvalue weighted by Crippen LogP contribution is 2.34. The van der Waals surface area contributed by atoms with E-state index in [1.807, 2.05) is 29.2 Å². The summed E-state index contributed by atoms with van der Waals surface area (Å²) in [5, 5.41) is 4.45. The number of piperazine rings is 1. The summed E-state index contributed by atoms with van der Waals surface area (Å²) in [6.07, 6.45) is 9.55. The van der Waals surface area contributed by atoms with Crippen molar-refractivity contribution in [1.82, 2.24) is 24.6 Å². The van der Waals surface area contributed by atoms with Gasteiger partial charge in [-0.05, 0) is 34.5 Å². The third-order valence-corrected chi connectivity index (χ3v) is 5.28. The Hall–Kier alpha value is -1.47. The average molecular weight is 365 g/mol. The van der Waals surface area contributed by atoms with Gasteiger partial charge in [0.05, 0.1) is 0 Å². The van der Waals surface area contributed by atoms with Crippen LogP contribution in [0.3, 0.4) is 0 Å². The third kappa shape index (κ3) is 3.01. The van der Waals surface area contributed by atoms with Crippen molar-refractivity contribution in [2.24, 2.45) is 0 Å². The topological polar surface area (TPSA) is 50.1 Å². The molecule has 7 heteroatoms. The number of hydrogen-bond acceptors (Lipinski definition) is 5. The molecule has 6 nitrogen and oxygen atoms in total. The maximum absolute atomic E-state index is 4.45. The average Bonchev–Trinajstić information content (AvgIpc) is 3.11. The van der Waals surface area contributed by atoms with Crippen LogP contribution in [0.15, 0.2) is 36.9 Å². The zero-order valence-electron chi connectivity index (χ0n) is 12.8. The molecule has 1 atom stereocenters. The predicted octanol–water partition coefficient (Wildman–Crippen LogP) is 2.30. The first kappa shape index (κ1) is 15.4. The Balaban J connectivity index is 1.71. The Morgan fingerprint density at radius 1 is 1.09 bits per heavy atom. The maximum atomic E-state index is 4.45. The predicted molar refractivity (Wildman–Crippen MR) is 89.9 cm³/mol. The van der Waals surface area contributed by atoms with Gasteiger partial charge in [0.1, 0.15) is 0 Å². The number of aromatic nitrogens is 4. The van der Waals surface area contributed by atoms with Crippen LogP contribution in [0.2, 0.25) is 0 Å². The molecule has 2 aromatic rings. The number of nitrogens with zero attached hydrogens (tertiary/aromatic N) is 6. The molecule has 3 rings (SSSR count). The van der Waals surface area contributed by atoms with Crippen molar-refractivity contribution in [3.63, 3.8) is 0 Å². The van der Waals surface area contributed by atoms with Crippen molar-refractivity contribution < 1.29 is 0 Å². The largest absolute Gasteiger partial charge is 0.338 e. The van der Waals surface area contributed by atoms with E-state index in [0.717, 1.165) is 45.0 Å². The summed E-state index contributed by atoms with van der Waals surface area (Å²) in [7, 11) is 0. The van der Waals surface area contributed by atoms with Crippen molar-refractivity contribution in [3.8, 4) is 0 Å². The van der Waals surface area contributed by atoms with Gasteiger partial charge >= 0.3 is 0 Å². The van der Waals surface area contributed by atoms with Crippen LogP contribution in [0.1, 0.15) is 19.8 Å². The smallest absolute Gasteiger partial charge is 0.225 e. The normalized spacial score (nSPS) is 19.1. The van der Waals surface area contributed by atoms with Crippen LogP contribution >= 0.6 is 15.9 Å². The standard InChI is InChI=1S/C15H21BrN6/c1-2-5-15(16,22-9-4-8-19-22)21-12-10-20(11-13-21)14-17-6-3-7-18-14/h3-4,6-9H,2,5,10-13H2,1H3. The minimum absolute atomic E-state index is 0.241. The molecule has 1 fully saturated rings. The van der Waals surface area contributed by atoms with E-state index in [4.69, 9.17) is 0 Å². The first-order valence-corrected chi connectivity index (χ1v) is 8.49. The van der Waals surface area contributed by atoms with E-state index in [1.54, 1.807) is 12.4 Å². The summed E-state index contributed by atoms with van der Waals surface area (Å²) >= 11 is 3.95. The van der Waals surface area contributed by atoms with Gasteiger partial charge < -0.3 is 4.90 Å². The van der Waals surface area contributed by atoms with E-state index in [9.17, 15) is 0 Å². The number of alkyl halides is 1. The van der Waals surface area contributed by atoms with Crippen molar-refractivity contribution in [1.29, 1.82) is 0 Å². The fourth-order valence-electron chi connectivity index (χ4n) is 2.91. The summed E-state index contributed by atoms with van der Waals surface area (Å²) in [4.78, 5) is 13.4. The second-order valence-corrected chi connectivity index (χ2v) is 6.71. The van der Waals surface area contributed by atoms with Crippen LogP contribution < -0.4 is 4.90 Å². The SMILES string of the molecule is CCCC(Br)(N1CCN(c2ncccn2)CC1)n1cccn1. The van der Waals surface area contributed by atoms with Crippen LogP contribution in [0, 0.1) is 0 Å². The fraction of sp³-hybridized carbons (Fsp3) is 0.533. The summed E-state index contributed by atoms with van der Waals surface area (Å²) in [5.74, 6) is 0.817. The number of halogens is 1. The van der Waals surface area contributed by atoms with Crippen molar-refractivity contribution in [3.05, 3.63) is 36.9 Å². The summed E-state index contributed by atoms with van der Waals surface area (Å²) in [6, 6.07) is 3.82. The molecule has 0 aromatic carbocycles. The molecule has 1 saturated heterocycles. The minimum Gasteiger partial charge on any atom is -0.338 e. The van der Waals surface area contributed by atoms with Crippen molar-refractivity contribution in [2.75, 3.05) is 31.1 Å². The molecule has 0 radical (unpaired) electrons. The summed E-state index contributed by atoms with van der Waals surface area (Å²) in [5.41, 5.74) is 0. The van der Waals surface area contributed by atoms with Crippen LogP contribution in [-0.2, 0) is 4.57 Å². The third-order valence-electron chi connectivity index (χ3n) is 4.02. The molecular weight excluding hydrogens is 344 g/mol. The monoisotopic (exact) mass is 364 g/mol. The zero-order valence-corrected chi connectivity index (χ0v) is 14.4. The van der Waals surface area contributed by atoms with E-state index < -0.39 is 0 Å². The quantitative estimate of drug-likeness (QED) is 0.601. The minimum atomic E-state index is -0.241. The molecule has 0 spiro atoms. The molecule has 1 aliphatic rings. The lowest BCUT2D eigenvalue weighted by Crippen LogP contribution is -2.55. The van der Waals surface area contributed by atoms with Gasteiger partial charge in [-0.1, -0.05) is 13.3 Å². The van der Waals surface area contributed by atoms with Crippen LogP contribution in [0.4, 0.5) is 5.95 Å². The Bertz CT molecular complexity index is 567. The first-order valence-electron chi connectivity index (χ1n) is 7.70. The molecule has 3 heterocycles. The highest BCUT2D eigenvalue weighted by Gasteiger charge is 2.37. The zero-order chi connectivity index (χ0) is 15.4. The lowest BCUT2D eigenvalue weighted by Gasteiger charge is -2.44. The highest BCUT2D eigenvalue weighted by molar-refractivity contribution is 9.09. The molecule has 22 heavy (non-hydrogen) atoms. The Kier molecular flexibility index (Phi) is 4.73. The van der Waals surface area contributed by atoms with Gasteiger partial charge in [0.15, 0.2) is 4.57 Å². The van der Waals surface area contributed by atoms with E-state index in [0.29, 0.717) is 0 Å². The van der Waals surface area contributed by atoms with Crippen LogP contribution in [0.25, 0.3) is 0 Å². The second-order valence-electron chi connectivity index (χ2n) is 5.44. The van der Waals surface area contributed by atoms with E-state index in [2.05, 4.69) is 47.7 Å². The molecule has 0 saturated carbocycles. The Morgan fingerprint density at radius 2 is 1.82 bits per heavy atom. The highest BCUT2D eigenvalue weighted by atomic mass is 79.9. The number of hydrogen-bond donors (Lipinski definition) is 0. The molecule has 2 aromatic heterocycles. The fourth-order valence-corrected chi connectivity index (χ4v) is 3.87. The van der Waals surface area contributed by atoms with Gasteiger partial charge in [0.2, 0.25) is 5.95 Å². The molecule has 118 valence electrons. The molecule has 0 bridgehead atoms. The summed E-state index contributed by atoms with van der Waals surface area (Å²) in [6.45, 7) is 5.94. The van der Waals surface area contributed by atoms with Crippen molar-refractivity contribution in [2.45, 2.75) is 24.3 Å². The van der Waals surface area contributed by atoms with Gasteiger partial charge in [0, 0.05) is 51.0 Å². The van der Waals surface area contributed by atoms with Crippen molar-refractivity contribution >= 4 is 21.9 Å². The molecule has 0 N–H and O–H groups in total. The van der Waals surface area contributed by atoms with Gasteiger partial charge in [-0.25, -0.2) is 14.6 Å². The second kappa shape index (κ2) is 6.75. The molecular formula is C15H21BrN6. The lowest BCUT2D eigenvalue weighted by atomic mass is 10.2. The van der Waals surface area contributed by atoms with Crippen LogP contribution in [0.5, 0.6) is 0 Å². The van der Waals surface area contributed by atoms with E-state index in [1.165, 1.54) is 0 Å². The van der Waals surface area contributed by atoms with E-state index >= 15 is 0 Å². The van der Waals surface area contributed by atoms with Gasteiger partial charge in [-0.3, -0.25) is 4.90 Å². The maximum Gasteiger partial charge on any atom is 0.225 e. The van der Waals surface area contributed by atoms with Crippen LogP contribution in [-0.4, -0.2) is 50.8 Å². The molecule has 0 aliphatic carbocycles. The lowest BCUT2D eigenvalue weighted by molar-refractivity contribution is 0.0830. The Labute approximate surface area is 139 Å². The molecule has 0 amide bonds. The van der Waals surface area contributed by atoms with Gasteiger partial charge in [-0.15, -0.1) is 0 Å². The van der Waals surface area contributed by atoms with Gasteiger partial charge in [0.25, 0.3) is 0 Å². The Morgan fingerprint density at radius 3 is 2.41 bits per heavy atom. The number of rotatable bonds is 5. The summed E-state index contributed by atoms with van der Waals surface area (Å²) < 4.78 is 1.78. The number of anilines is 1.